The van der Waals surface area contributed by atoms with Crippen molar-refractivity contribution in [2.24, 2.45) is 0 Å². The monoisotopic (exact) mass is 584 g/mol. The number of rotatable bonds is 7. The van der Waals surface area contributed by atoms with Gasteiger partial charge >= 0.3 is 0 Å². The smallest absolute Gasteiger partial charge is 0.257 e. The Morgan fingerprint density at radius 3 is 2.29 bits per heavy atom. The van der Waals surface area contributed by atoms with E-state index in [1.807, 2.05) is 72.8 Å². The largest absolute Gasteiger partial charge is 0.324 e. The van der Waals surface area contributed by atoms with Gasteiger partial charge in [-0.3, -0.25) is 9.59 Å². The van der Waals surface area contributed by atoms with Gasteiger partial charge in [0.05, 0.1) is 16.3 Å². The van der Waals surface area contributed by atoms with Crippen LogP contribution in [0.4, 0.5) is 11.4 Å². The lowest BCUT2D eigenvalue weighted by molar-refractivity contribution is -0.115. The average Bonchev–Trinajstić information content (AvgIpc) is 2.84. The highest BCUT2D eigenvalue weighted by molar-refractivity contribution is 9.10. The third-order valence-corrected chi connectivity index (χ3v) is 7.48. The summed E-state index contributed by atoms with van der Waals surface area (Å²) < 4.78 is 0.802. The molecule has 0 fully saturated rings. The molecule has 1 unspecified atom stereocenters. The van der Waals surface area contributed by atoms with Crippen LogP contribution in [0.5, 0.6) is 0 Å². The maximum absolute atomic E-state index is 13.3. The molecular formula is C27H19BrCl2N2O2S. The van der Waals surface area contributed by atoms with E-state index in [-0.39, 0.29) is 16.8 Å². The normalized spacial score (nSPS) is 11.5. The number of amides is 2. The van der Waals surface area contributed by atoms with Crippen molar-refractivity contribution in [1.82, 2.24) is 0 Å². The molecule has 176 valence electrons. The number of carbonyl (C=O) groups excluding carboxylic acids is 2. The molecule has 8 heteroatoms. The maximum atomic E-state index is 13.3. The SMILES string of the molecule is O=C(Nc1cccc(SC(C(=O)Nc2ccccc2Br)c2ccccc2)c1)c1ccc(Cl)cc1Cl. The summed E-state index contributed by atoms with van der Waals surface area (Å²) in [5.41, 5.74) is 2.47. The number of benzene rings is 4. The summed E-state index contributed by atoms with van der Waals surface area (Å²) in [5.74, 6) is -0.504. The van der Waals surface area contributed by atoms with Crippen molar-refractivity contribution < 1.29 is 9.59 Å². The lowest BCUT2D eigenvalue weighted by atomic mass is 10.1. The maximum Gasteiger partial charge on any atom is 0.257 e. The number of para-hydroxylation sites is 1. The molecule has 0 heterocycles. The zero-order valence-electron chi connectivity index (χ0n) is 18.2. The van der Waals surface area contributed by atoms with Crippen molar-refractivity contribution >= 4 is 74.1 Å². The molecule has 0 aliphatic heterocycles. The van der Waals surface area contributed by atoms with E-state index in [1.54, 1.807) is 18.2 Å². The summed E-state index contributed by atoms with van der Waals surface area (Å²) in [6, 6.07) is 29.1. The fourth-order valence-electron chi connectivity index (χ4n) is 3.32. The molecule has 4 rings (SSSR count). The van der Waals surface area contributed by atoms with Gasteiger partial charge in [0.25, 0.3) is 5.91 Å². The van der Waals surface area contributed by atoms with Crippen LogP contribution in [0.25, 0.3) is 0 Å². The first-order valence-electron chi connectivity index (χ1n) is 10.5. The van der Waals surface area contributed by atoms with Crippen LogP contribution in [0.1, 0.15) is 21.2 Å². The first-order chi connectivity index (χ1) is 16.9. The van der Waals surface area contributed by atoms with Gasteiger partial charge in [-0.1, -0.05) is 71.7 Å². The van der Waals surface area contributed by atoms with Crippen LogP contribution >= 0.6 is 50.9 Å². The summed E-state index contributed by atoms with van der Waals surface area (Å²) >= 11 is 17.0. The van der Waals surface area contributed by atoms with Crippen LogP contribution in [0.3, 0.4) is 0 Å². The highest BCUT2D eigenvalue weighted by atomic mass is 79.9. The van der Waals surface area contributed by atoms with E-state index < -0.39 is 5.25 Å². The number of hydrogen-bond acceptors (Lipinski definition) is 3. The van der Waals surface area contributed by atoms with Crippen LogP contribution in [-0.4, -0.2) is 11.8 Å². The fourth-order valence-corrected chi connectivity index (χ4v) is 5.28. The van der Waals surface area contributed by atoms with E-state index in [1.165, 1.54) is 17.8 Å². The highest BCUT2D eigenvalue weighted by Crippen LogP contribution is 2.38. The van der Waals surface area contributed by atoms with Crippen molar-refractivity contribution in [2.75, 3.05) is 10.6 Å². The van der Waals surface area contributed by atoms with E-state index in [9.17, 15) is 9.59 Å². The van der Waals surface area contributed by atoms with Gasteiger partial charge in [-0.2, -0.15) is 0 Å². The third-order valence-electron chi connectivity index (χ3n) is 4.99. The average molecular weight is 586 g/mol. The van der Waals surface area contributed by atoms with E-state index in [2.05, 4.69) is 26.6 Å². The summed E-state index contributed by atoms with van der Waals surface area (Å²) in [6.45, 7) is 0. The Morgan fingerprint density at radius 2 is 1.54 bits per heavy atom. The van der Waals surface area contributed by atoms with Crippen LogP contribution in [0.15, 0.2) is 106 Å². The molecule has 0 aliphatic rings. The standard InChI is InChI=1S/C27H19BrCl2N2O2S/c28-22-11-4-5-12-24(22)32-27(34)25(17-7-2-1-3-8-17)35-20-10-6-9-19(16-20)31-26(33)21-14-13-18(29)15-23(21)30/h1-16,25H,(H,31,33)(H,32,34). The van der Waals surface area contributed by atoms with Crippen LogP contribution in [0, 0.1) is 0 Å². The van der Waals surface area contributed by atoms with Gasteiger partial charge < -0.3 is 10.6 Å². The number of halogens is 3. The Labute approximate surface area is 226 Å². The van der Waals surface area contributed by atoms with Gasteiger partial charge in [-0.15, -0.1) is 11.8 Å². The number of anilines is 2. The van der Waals surface area contributed by atoms with Gasteiger partial charge in [-0.25, -0.2) is 0 Å². The fraction of sp³-hybridized carbons (Fsp3) is 0.0370. The molecule has 0 saturated heterocycles. The number of carbonyl (C=O) groups is 2. The first-order valence-corrected chi connectivity index (χ1v) is 13.0. The molecule has 2 amide bonds. The molecule has 4 aromatic carbocycles. The molecule has 2 N–H and O–H groups in total. The second-order valence-electron chi connectivity index (χ2n) is 7.48. The van der Waals surface area contributed by atoms with Gasteiger partial charge in [0.1, 0.15) is 5.25 Å². The summed E-state index contributed by atoms with van der Waals surface area (Å²) in [6.07, 6.45) is 0. The molecule has 1 atom stereocenters. The van der Waals surface area contributed by atoms with E-state index in [4.69, 9.17) is 23.2 Å². The molecule has 0 aliphatic carbocycles. The van der Waals surface area contributed by atoms with Gasteiger partial charge in [0.15, 0.2) is 0 Å². The van der Waals surface area contributed by atoms with E-state index in [0.717, 1.165) is 14.9 Å². The Morgan fingerprint density at radius 1 is 0.800 bits per heavy atom. The first kappa shape index (κ1) is 25.3. The Balaban J connectivity index is 1.55. The molecule has 0 radical (unpaired) electrons. The lowest BCUT2D eigenvalue weighted by Gasteiger charge is -2.18. The van der Waals surface area contributed by atoms with Gasteiger partial charge in [0.2, 0.25) is 5.91 Å². The van der Waals surface area contributed by atoms with Crippen molar-refractivity contribution in [1.29, 1.82) is 0 Å². The van der Waals surface area contributed by atoms with Gasteiger partial charge in [-0.05, 0) is 70.0 Å². The Kier molecular flexibility index (Phi) is 8.52. The minimum Gasteiger partial charge on any atom is -0.324 e. The number of thioether (sulfide) groups is 1. The van der Waals surface area contributed by atoms with Crippen molar-refractivity contribution in [3.63, 3.8) is 0 Å². The van der Waals surface area contributed by atoms with E-state index >= 15 is 0 Å². The van der Waals surface area contributed by atoms with Crippen molar-refractivity contribution in [2.45, 2.75) is 10.1 Å². The van der Waals surface area contributed by atoms with Crippen LogP contribution in [0.2, 0.25) is 10.0 Å². The van der Waals surface area contributed by atoms with E-state index in [0.29, 0.717) is 22.0 Å². The Hall–Kier alpha value is -2.77. The predicted molar refractivity (Wildman–Crippen MR) is 149 cm³/mol. The second kappa shape index (κ2) is 11.8. The van der Waals surface area contributed by atoms with Crippen molar-refractivity contribution in [3.05, 3.63) is 123 Å². The third kappa shape index (κ3) is 6.67. The molecule has 0 saturated carbocycles. The Bertz CT molecular complexity index is 1370. The lowest BCUT2D eigenvalue weighted by Crippen LogP contribution is -2.19. The summed E-state index contributed by atoms with van der Waals surface area (Å²) in [5, 5.41) is 6.08. The van der Waals surface area contributed by atoms with Crippen molar-refractivity contribution in [3.8, 4) is 0 Å². The topological polar surface area (TPSA) is 58.2 Å². The zero-order valence-corrected chi connectivity index (χ0v) is 22.1. The molecule has 0 bridgehead atoms. The number of nitrogens with one attached hydrogen (secondary N) is 2. The minimum absolute atomic E-state index is 0.157. The molecular weight excluding hydrogens is 567 g/mol. The second-order valence-corrected chi connectivity index (χ2v) is 10.4. The molecule has 0 aromatic heterocycles. The summed E-state index contributed by atoms with van der Waals surface area (Å²) in [7, 11) is 0. The molecule has 4 aromatic rings. The molecule has 35 heavy (non-hydrogen) atoms. The molecule has 4 nitrogen and oxygen atoms in total. The quantitative estimate of drug-likeness (QED) is 0.214. The zero-order chi connectivity index (χ0) is 24.8. The minimum atomic E-state index is -0.514. The van der Waals surface area contributed by atoms with Gasteiger partial charge in [0, 0.05) is 20.1 Å². The highest BCUT2D eigenvalue weighted by Gasteiger charge is 2.23. The number of hydrogen-bond donors (Lipinski definition) is 2. The molecule has 0 spiro atoms. The van der Waals surface area contributed by atoms with Crippen LogP contribution in [-0.2, 0) is 4.79 Å². The van der Waals surface area contributed by atoms with Crippen LogP contribution < -0.4 is 10.6 Å². The predicted octanol–water partition coefficient (Wildman–Crippen LogP) is 8.48. The summed E-state index contributed by atoms with van der Waals surface area (Å²) in [4.78, 5) is 26.9.